The number of carbonyl (C=O) groups excluding carboxylic acids is 1. The molecule has 206 valence electrons. The number of nitrogens with zero attached hydrogens (tertiary/aromatic N) is 1. The Bertz CT molecular complexity index is 1020. The van der Waals surface area contributed by atoms with Gasteiger partial charge in [0.1, 0.15) is 11.4 Å². The van der Waals surface area contributed by atoms with Gasteiger partial charge in [0.05, 0.1) is 12.0 Å². The van der Waals surface area contributed by atoms with Crippen LogP contribution in [0.3, 0.4) is 0 Å². The van der Waals surface area contributed by atoms with Gasteiger partial charge in [-0.2, -0.15) is 4.31 Å². The summed E-state index contributed by atoms with van der Waals surface area (Å²) in [7, 11) is -2.08. The van der Waals surface area contributed by atoms with Crippen LogP contribution in [0.4, 0.5) is 4.79 Å². The number of rotatable bonds is 9. The number of alkyl carbamates (subject to hydrolysis) is 1. The lowest BCUT2D eigenvalue weighted by Gasteiger charge is -2.24. The zero-order valence-corrected chi connectivity index (χ0v) is 25.4. The molecule has 37 heavy (non-hydrogen) atoms. The molecule has 0 saturated carbocycles. The molecule has 0 fully saturated rings. The van der Waals surface area contributed by atoms with Crippen molar-refractivity contribution in [2.75, 3.05) is 26.7 Å². The van der Waals surface area contributed by atoms with Crippen molar-refractivity contribution in [1.82, 2.24) is 9.62 Å². The van der Waals surface area contributed by atoms with E-state index in [1.165, 1.54) is 17.0 Å². The lowest BCUT2D eigenvalue weighted by Crippen LogP contribution is -2.37. The lowest BCUT2D eigenvalue weighted by atomic mass is 10.2. The third-order valence-corrected chi connectivity index (χ3v) is 6.94. The van der Waals surface area contributed by atoms with Crippen molar-refractivity contribution in [2.24, 2.45) is 5.92 Å². The minimum absolute atomic E-state index is 0.178. The van der Waals surface area contributed by atoms with Gasteiger partial charge in [0.15, 0.2) is 0 Å². The Morgan fingerprint density at radius 1 is 1.05 bits per heavy atom. The minimum atomic E-state index is -3.62. The third-order valence-electron chi connectivity index (χ3n) is 4.53. The highest BCUT2D eigenvalue weighted by Gasteiger charge is 2.25. The molecule has 2 rings (SSSR count). The fourth-order valence-electron chi connectivity index (χ4n) is 2.91. The summed E-state index contributed by atoms with van der Waals surface area (Å²) in [6.45, 7) is 12.4. The molecule has 1 amide bonds. The van der Waals surface area contributed by atoms with Gasteiger partial charge in [0, 0.05) is 24.1 Å². The smallest absolute Gasteiger partial charge is 0.407 e. The maximum atomic E-state index is 13.0. The van der Waals surface area contributed by atoms with E-state index in [2.05, 4.69) is 53.1 Å². The third kappa shape index (κ3) is 14.7. The van der Waals surface area contributed by atoms with Crippen LogP contribution in [0.1, 0.15) is 46.6 Å². The van der Waals surface area contributed by atoms with E-state index in [0.717, 1.165) is 4.47 Å². The van der Waals surface area contributed by atoms with Crippen LogP contribution in [0.2, 0.25) is 0 Å². The molecule has 0 aromatic heterocycles. The van der Waals surface area contributed by atoms with E-state index >= 15 is 0 Å². The van der Waals surface area contributed by atoms with Gasteiger partial charge in [0.2, 0.25) is 10.0 Å². The monoisotopic (exact) mass is 596 g/mol. The zero-order valence-electron chi connectivity index (χ0n) is 23.0. The van der Waals surface area contributed by atoms with Crippen LogP contribution >= 0.6 is 15.9 Å². The van der Waals surface area contributed by atoms with Gasteiger partial charge < -0.3 is 14.8 Å². The first-order valence-electron chi connectivity index (χ1n) is 11.9. The van der Waals surface area contributed by atoms with E-state index < -0.39 is 21.7 Å². The van der Waals surface area contributed by atoms with Crippen LogP contribution in [0.5, 0.6) is 5.75 Å². The van der Waals surface area contributed by atoms with E-state index in [-0.39, 0.29) is 10.8 Å². The number of ether oxygens (including phenoxy) is 2. The summed E-state index contributed by atoms with van der Waals surface area (Å²) in [6, 6.07) is 14.6. The Kier molecular flexibility index (Phi) is 15.9. The van der Waals surface area contributed by atoms with Gasteiger partial charge in [-0.3, -0.25) is 0 Å². The van der Waals surface area contributed by atoms with Crippen molar-refractivity contribution in [3.05, 3.63) is 58.6 Å². The molecule has 1 N–H and O–H groups in total. The number of methoxy groups -OCH3 is 1. The number of aryl methyl sites for hydroxylation is 1. The second-order valence-corrected chi connectivity index (χ2v) is 12.4. The van der Waals surface area contributed by atoms with Gasteiger partial charge >= 0.3 is 6.09 Å². The summed E-state index contributed by atoms with van der Waals surface area (Å²) in [5.74, 6) is 0.780. The number of amides is 1. The van der Waals surface area contributed by atoms with E-state index in [1.807, 2.05) is 26.0 Å². The molecular formula is C28H41BrN2O5S. The summed E-state index contributed by atoms with van der Waals surface area (Å²) in [6.07, 6.45) is 7.98. The molecule has 9 heteroatoms. The molecule has 0 aliphatic rings. The Hall–Kier alpha value is -2.54. The minimum Gasteiger partial charge on any atom is -0.497 e. The Morgan fingerprint density at radius 2 is 1.59 bits per heavy atom. The SMILES string of the molecule is C#C.COc1ccc(S(=O)(=O)N(CCCNC(=O)OC(C)(C)C)CC(C)C)cc1.Cc1ccc(Br)cc1. The van der Waals surface area contributed by atoms with Crippen LogP contribution in [0, 0.1) is 25.7 Å². The molecule has 0 atom stereocenters. The first-order valence-corrected chi connectivity index (χ1v) is 14.1. The Labute approximate surface area is 232 Å². The molecule has 0 heterocycles. The molecule has 0 aliphatic heterocycles. The number of hydrogen-bond acceptors (Lipinski definition) is 5. The normalized spacial score (nSPS) is 11.0. The number of terminal acetylenes is 1. The molecular weight excluding hydrogens is 556 g/mol. The largest absolute Gasteiger partial charge is 0.497 e. The molecule has 0 aliphatic carbocycles. The van der Waals surface area contributed by atoms with Gasteiger partial charge in [-0.05, 0) is 76.4 Å². The van der Waals surface area contributed by atoms with Gasteiger partial charge in [0.25, 0.3) is 0 Å². The van der Waals surface area contributed by atoms with Crippen LogP contribution in [-0.2, 0) is 14.8 Å². The molecule has 0 saturated heterocycles. The summed E-state index contributed by atoms with van der Waals surface area (Å²) in [5, 5.41) is 2.65. The van der Waals surface area contributed by atoms with Crippen molar-refractivity contribution >= 4 is 32.0 Å². The highest BCUT2D eigenvalue weighted by molar-refractivity contribution is 9.10. The maximum absolute atomic E-state index is 13.0. The quantitative estimate of drug-likeness (QED) is 0.272. The lowest BCUT2D eigenvalue weighted by molar-refractivity contribution is 0.0526. The number of halogens is 1. The van der Waals surface area contributed by atoms with Crippen LogP contribution < -0.4 is 10.1 Å². The fraction of sp³-hybridized carbons (Fsp3) is 0.464. The summed E-state index contributed by atoms with van der Waals surface area (Å²) in [5.41, 5.74) is 0.735. The van der Waals surface area contributed by atoms with Gasteiger partial charge in [-0.1, -0.05) is 47.5 Å². The number of carbonyl (C=O) groups is 1. The van der Waals surface area contributed by atoms with E-state index in [0.29, 0.717) is 31.8 Å². The Morgan fingerprint density at radius 3 is 2.03 bits per heavy atom. The van der Waals surface area contributed by atoms with Crippen LogP contribution in [0.15, 0.2) is 57.9 Å². The van der Waals surface area contributed by atoms with Crippen molar-refractivity contribution < 1.29 is 22.7 Å². The topological polar surface area (TPSA) is 84.9 Å². The summed E-state index contributed by atoms with van der Waals surface area (Å²) < 4.78 is 38.8. The summed E-state index contributed by atoms with van der Waals surface area (Å²) in [4.78, 5) is 11.9. The number of nitrogens with one attached hydrogen (secondary N) is 1. The highest BCUT2D eigenvalue weighted by atomic mass is 79.9. The zero-order chi connectivity index (χ0) is 28.6. The van der Waals surface area contributed by atoms with Crippen molar-refractivity contribution in [2.45, 2.75) is 58.5 Å². The predicted molar refractivity (Wildman–Crippen MR) is 154 cm³/mol. The Balaban J connectivity index is 0.00000108. The molecule has 7 nitrogen and oxygen atoms in total. The molecule has 0 radical (unpaired) electrons. The standard InChI is InChI=1S/C19H32N2O5S.C7H7Br.C2H2/c1-15(2)14-21(13-7-12-20-18(22)26-19(3,4)5)27(23,24)17-10-8-16(25-6)9-11-17;1-6-2-4-7(8)5-3-6;1-2/h8-11,15H,7,12-14H2,1-6H3,(H,20,22);2-5H,1H3;1-2H. The second-order valence-electron chi connectivity index (χ2n) is 9.51. The molecule has 0 spiro atoms. The maximum Gasteiger partial charge on any atom is 0.407 e. The molecule has 2 aromatic rings. The van der Waals surface area contributed by atoms with E-state index in [9.17, 15) is 13.2 Å². The highest BCUT2D eigenvalue weighted by Crippen LogP contribution is 2.20. The summed E-state index contributed by atoms with van der Waals surface area (Å²) >= 11 is 3.35. The average molecular weight is 598 g/mol. The average Bonchev–Trinajstić information content (AvgIpc) is 2.83. The van der Waals surface area contributed by atoms with Crippen molar-refractivity contribution in [3.63, 3.8) is 0 Å². The fourth-order valence-corrected chi connectivity index (χ4v) is 4.81. The first-order chi connectivity index (χ1) is 17.2. The van der Waals surface area contributed by atoms with Crippen molar-refractivity contribution in [3.8, 4) is 18.6 Å². The molecule has 2 aromatic carbocycles. The van der Waals surface area contributed by atoms with Gasteiger partial charge in [-0.25, -0.2) is 13.2 Å². The molecule has 0 bridgehead atoms. The first kappa shape index (κ1) is 34.5. The number of sulfonamides is 1. The molecule has 0 unspecified atom stereocenters. The van der Waals surface area contributed by atoms with Crippen LogP contribution in [-0.4, -0.2) is 51.2 Å². The van der Waals surface area contributed by atoms with Crippen LogP contribution in [0.25, 0.3) is 0 Å². The predicted octanol–water partition coefficient (Wildman–Crippen LogP) is 6.26. The van der Waals surface area contributed by atoms with Crippen molar-refractivity contribution in [1.29, 1.82) is 0 Å². The second kappa shape index (κ2) is 17.1. The number of benzene rings is 2. The van der Waals surface area contributed by atoms with Gasteiger partial charge in [-0.15, -0.1) is 12.8 Å². The number of hydrogen-bond donors (Lipinski definition) is 1. The van der Waals surface area contributed by atoms with E-state index in [4.69, 9.17) is 9.47 Å². The van der Waals surface area contributed by atoms with E-state index in [1.54, 1.807) is 45.0 Å².